The number of hydrogen-bond acceptors (Lipinski definition) is 6. The molecule has 7 heteroatoms. The number of nitrogens with zero attached hydrogens (tertiary/aromatic N) is 4. The van der Waals surface area contributed by atoms with Crippen molar-refractivity contribution in [1.82, 2.24) is 20.2 Å². The summed E-state index contributed by atoms with van der Waals surface area (Å²) in [6.07, 6.45) is 11.3. The van der Waals surface area contributed by atoms with Gasteiger partial charge in [-0.2, -0.15) is 0 Å². The van der Waals surface area contributed by atoms with Crippen molar-refractivity contribution in [1.29, 1.82) is 0 Å². The van der Waals surface area contributed by atoms with E-state index in [4.69, 9.17) is 4.74 Å². The van der Waals surface area contributed by atoms with Crippen LogP contribution in [0, 0.1) is 5.41 Å². The summed E-state index contributed by atoms with van der Waals surface area (Å²) in [6, 6.07) is 2.07. The molecule has 1 aromatic heterocycles. The zero-order valence-corrected chi connectivity index (χ0v) is 17.8. The van der Waals surface area contributed by atoms with E-state index in [1.165, 1.54) is 32.1 Å². The second-order valence-electron chi connectivity index (χ2n) is 8.78. The zero-order chi connectivity index (χ0) is 20.3. The number of amides is 1. The van der Waals surface area contributed by atoms with Crippen LogP contribution in [-0.4, -0.2) is 71.7 Å². The molecule has 160 valence electrons. The maximum Gasteiger partial charge on any atom is 0.239 e. The molecule has 1 amide bonds. The monoisotopic (exact) mass is 401 g/mol. The summed E-state index contributed by atoms with van der Waals surface area (Å²) >= 11 is 0. The number of nitrogens with one attached hydrogen (secondary N) is 1. The first-order valence-corrected chi connectivity index (χ1v) is 11.3. The lowest BCUT2D eigenvalue weighted by atomic mass is 9.55. The molecule has 3 atom stereocenters. The Kier molecular flexibility index (Phi) is 6.35. The van der Waals surface area contributed by atoms with Crippen molar-refractivity contribution < 1.29 is 9.53 Å². The van der Waals surface area contributed by atoms with E-state index in [1.807, 2.05) is 17.9 Å². The summed E-state index contributed by atoms with van der Waals surface area (Å²) in [7, 11) is 0. The molecule has 1 N–H and O–H groups in total. The maximum atomic E-state index is 13.1. The molecular weight excluding hydrogens is 366 g/mol. The van der Waals surface area contributed by atoms with Crippen molar-refractivity contribution in [2.24, 2.45) is 5.41 Å². The fourth-order valence-electron chi connectivity index (χ4n) is 5.53. The minimum absolute atomic E-state index is 0.152. The Morgan fingerprint density at radius 2 is 1.90 bits per heavy atom. The molecule has 3 aliphatic rings. The molecule has 3 unspecified atom stereocenters. The average molecular weight is 402 g/mol. The van der Waals surface area contributed by atoms with E-state index < -0.39 is 0 Å². The molecule has 0 bridgehead atoms. The maximum absolute atomic E-state index is 13.1. The number of aromatic nitrogens is 2. The molecular formula is C22H35N5O2. The number of carbonyl (C=O) groups is 1. The van der Waals surface area contributed by atoms with Gasteiger partial charge in [-0.25, -0.2) is 9.97 Å². The van der Waals surface area contributed by atoms with Crippen LogP contribution in [0.15, 0.2) is 18.5 Å². The fraction of sp³-hybridized carbons (Fsp3) is 0.773. The highest BCUT2D eigenvalue weighted by atomic mass is 16.5. The molecule has 1 aliphatic heterocycles. The van der Waals surface area contributed by atoms with E-state index in [9.17, 15) is 4.79 Å². The molecule has 7 nitrogen and oxygen atoms in total. The molecule has 0 aromatic carbocycles. The quantitative estimate of drug-likeness (QED) is 0.788. The van der Waals surface area contributed by atoms with Crippen LogP contribution in [0.2, 0.25) is 0 Å². The Morgan fingerprint density at radius 3 is 2.55 bits per heavy atom. The van der Waals surface area contributed by atoms with Crippen LogP contribution in [0.4, 0.5) is 5.95 Å². The SMILES string of the molecule is CCOC1CC(NC(C)C(=O)N2CCN(c3ncccn3)CC2)C12CCCCC2. The van der Waals surface area contributed by atoms with Crippen molar-refractivity contribution in [3.8, 4) is 0 Å². The first kappa shape index (κ1) is 20.5. The van der Waals surface area contributed by atoms with E-state index in [-0.39, 0.29) is 17.4 Å². The zero-order valence-electron chi connectivity index (χ0n) is 17.8. The highest BCUT2D eigenvalue weighted by molar-refractivity contribution is 5.81. The van der Waals surface area contributed by atoms with Gasteiger partial charge < -0.3 is 19.9 Å². The lowest BCUT2D eigenvalue weighted by molar-refractivity contribution is -0.156. The second-order valence-corrected chi connectivity index (χ2v) is 8.78. The Labute approximate surface area is 174 Å². The van der Waals surface area contributed by atoms with E-state index in [0.717, 1.165) is 45.2 Å². The number of carbonyl (C=O) groups excluding carboxylic acids is 1. The molecule has 29 heavy (non-hydrogen) atoms. The van der Waals surface area contributed by atoms with Gasteiger partial charge in [0.15, 0.2) is 0 Å². The Balaban J connectivity index is 1.31. The molecule has 2 heterocycles. The summed E-state index contributed by atoms with van der Waals surface area (Å²) < 4.78 is 6.06. The van der Waals surface area contributed by atoms with E-state index in [2.05, 4.69) is 27.1 Å². The second kappa shape index (κ2) is 8.96. The number of piperazine rings is 1. The predicted molar refractivity (Wildman–Crippen MR) is 113 cm³/mol. The van der Waals surface area contributed by atoms with E-state index >= 15 is 0 Å². The van der Waals surface area contributed by atoms with Crippen LogP contribution < -0.4 is 10.2 Å². The molecule has 1 spiro atoms. The van der Waals surface area contributed by atoms with Gasteiger partial charge in [-0.3, -0.25) is 4.79 Å². The summed E-state index contributed by atoms with van der Waals surface area (Å²) in [5.74, 6) is 0.964. The van der Waals surface area contributed by atoms with Crippen LogP contribution in [0.3, 0.4) is 0 Å². The topological polar surface area (TPSA) is 70.6 Å². The highest BCUT2D eigenvalue weighted by Crippen LogP contribution is 2.53. The van der Waals surface area contributed by atoms with Gasteiger partial charge in [-0.05, 0) is 39.2 Å². The first-order chi connectivity index (χ1) is 14.1. The Hall–Kier alpha value is -1.73. The van der Waals surface area contributed by atoms with Gasteiger partial charge in [0.2, 0.25) is 11.9 Å². The van der Waals surface area contributed by atoms with Gasteiger partial charge in [0.25, 0.3) is 0 Å². The van der Waals surface area contributed by atoms with Crippen LogP contribution in [0.5, 0.6) is 0 Å². The van der Waals surface area contributed by atoms with Crippen LogP contribution in [-0.2, 0) is 9.53 Å². The lowest BCUT2D eigenvalue weighted by Crippen LogP contribution is -2.67. The predicted octanol–water partition coefficient (Wildman–Crippen LogP) is 2.23. The van der Waals surface area contributed by atoms with Gasteiger partial charge in [0.1, 0.15) is 0 Å². The first-order valence-electron chi connectivity index (χ1n) is 11.3. The lowest BCUT2D eigenvalue weighted by Gasteiger charge is -2.58. The van der Waals surface area contributed by atoms with Crippen LogP contribution in [0.25, 0.3) is 0 Å². The van der Waals surface area contributed by atoms with Crippen LogP contribution >= 0.6 is 0 Å². The minimum atomic E-state index is -0.152. The van der Waals surface area contributed by atoms with Crippen molar-refractivity contribution >= 4 is 11.9 Å². The molecule has 1 aromatic rings. The Morgan fingerprint density at radius 1 is 1.21 bits per heavy atom. The molecule has 3 fully saturated rings. The van der Waals surface area contributed by atoms with Crippen molar-refractivity contribution in [2.45, 2.75) is 70.6 Å². The fourth-order valence-corrected chi connectivity index (χ4v) is 5.53. The molecule has 1 saturated heterocycles. The molecule has 2 aliphatic carbocycles. The summed E-state index contributed by atoms with van der Waals surface area (Å²) in [5.41, 5.74) is 0.242. The van der Waals surface area contributed by atoms with Gasteiger partial charge >= 0.3 is 0 Å². The third-order valence-corrected chi connectivity index (χ3v) is 7.19. The smallest absolute Gasteiger partial charge is 0.239 e. The largest absolute Gasteiger partial charge is 0.378 e. The third-order valence-electron chi connectivity index (χ3n) is 7.19. The number of ether oxygens (including phenoxy) is 1. The molecule has 2 saturated carbocycles. The Bertz CT molecular complexity index is 671. The number of rotatable bonds is 6. The van der Waals surface area contributed by atoms with Gasteiger partial charge in [-0.15, -0.1) is 0 Å². The van der Waals surface area contributed by atoms with Gasteiger partial charge in [0.05, 0.1) is 12.1 Å². The molecule has 4 rings (SSSR count). The highest BCUT2D eigenvalue weighted by Gasteiger charge is 2.56. The van der Waals surface area contributed by atoms with Gasteiger partial charge in [0, 0.05) is 56.6 Å². The van der Waals surface area contributed by atoms with Crippen molar-refractivity contribution in [2.75, 3.05) is 37.7 Å². The third kappa shape index (κ3) is 4.12. The van der Waals surface area contributed by atoms with E-state index in [0.29, 0.717) is 12.1 Å². The summed E-state index contributed by atoms with van der Waals surface area (Å²) in [5, 5.41) is 3.70. The molecule has 0 radical (unpaired) electrons. The average Bonchev–Trinajstić information content (AvgIpc) is 2.79. The van der Waals surface area contributed by atoms with Gasteiger partial charge in [-0.1, -0.05) is 19.3 Å². The van der Waals surface area contributed by atoms with Crippen molar-refractivity contribution in [3.63, 3.8) is 0 Å². The summed E-state index contributed by atoms with van der Waals surface area (Å²) in [6.45, 7) is 7.90. The van der Waals surface area contributed by atoms with Crippen LogP contribution in [0.1, 0.15) is 52.4 Å². The normalized spacial score (nSPS) is 27.5. The standard InChI is InChI=1S/C22H35N5O2/c1-3-29-19-16-18(22(19)8-5-4-6-9-22)25-17(2)20(28)26-12-14-27(15-13-26)21-23-10-7-11-24-21/h7,10-11,17-19,25H,3-6,8-9,12-16H2,1-2H3. The van der Waals surface area contributed by atoms with E-state index in [1.54, 1.807) is 12.4 Å². The number of anilines is 1. The number of hydrogen-bond donors (Lipinski definition) is 1. The minimum Gasteiger partial charge on any atom is -0.378 e. The summed E-state index contributed by atoms with van der Waals surface area (Å²) in [4.78, 5) is 25.9. The van der Waals surface area contributed by atoms with Crippen molar-refractivity contribution in [3.05, 3.63) is 18.5 Å².